The fourth-order valence-corrected chi connectivity index (χ4v) is 3.30. The third-order valence-corrected chi connectivity index (χ3v) is 4.92. The SMILES string of the molecule is Cc1ccc(=O)n(-c2ccc(NCCN3CCN(C)CC3)cc2Cl)c1. The van der Waals surface area contributed by atoms with Crippen LogP contribution in [-0.4, -0.2) is 60.7 Å². The first kappa shape index (κ1) is 18.0. The minimum absolute atomic E-state index is 0.0803. The lowest BCUT2D eigenvalue weighted by Gasteiger charge is -2.32. The molecular formula is C19H25ClN4O. The van der Waals surface area contributed by atoms with Gasteiger partial charge < -0.3 is 10.2 Å². The van der Waals surface area contributed by atoms with Gasteiger partial charge >= 0.3 is 0 Å². The number of nitrogens with one attached hydrogen (secondary N) is 1. The molecule has 0 amide bonds. The largest absolute Gasteiger partial charge is 0.384 e. The quantitative estimate of drug-likeness (QED) is 0.889. The van der Waals surface area contributed by atoms with E-state index in [2.05, 4.69) is 22.2 Å². The second kappa shape index (κ2) is 8.04. The van der Waals surface area contributed by atoms with E-state index in [9.17, 15) is 4.79 Å². The highest BCUT2D eigenvalue weighted by Crippen LogP contribution is 2.23. The molecule has 0 aliphatic carbocycles. The van der Waals surface area contributed by atoms with Crippen LogP contribution in [0, 0.1) is 6.92 Å². The van der Waals surface area contributed by atoms with Gasteiger partial charge in [0.25, 0.3) is 5.56 Å². The molecule has 5 nitrogen and oxygen atoms in total. The van der Waals surface area contributed by atoms with Gasteiger partial charge in [0.2, 0.25) is 0 Å². The Morgan fingerprint density at radius 2 is 1.88 bits per heavy atom. The van der Waals surface area contributed by atoms with Crippen molar-refractivity contribution in [2.24, 2.45) is 0 Å². The lowest BCUT2D eigenvalue weighted by Crippen LogP contribution is -2.45. The Hall–Kier alpha value is -1.82. The Kier molecular flexibility index (Phi) is 5.78. The highest BCUT2D eigenvalue weighted by atomic mass is 35.5. The van der Waals surface area contributed by atoms with Gasteiger partial charge in [0, 0.05) is 57.2 Å². The molecule has 0 atom stereocenters. The molecule has 1 fully saturated rings. The van der Waals surface area contributed by atoms with E-state index in [4.69, 9.17) is 11.6 Å². The number of nitrogens with zero attached hydrogens (tertiary/aromatic N) is 3. The zero-order chi connectivity index (χ0) is 17.8. The summed E-state index contributed by atoms with van der Waals surface area (Å²) in [5.41, 5.74) is 2.62. The molecule has 6 heteroatoms. The van der Waals surface area contributed by atoms with Crippen molar-refractivity contribution in [1.29, 1.82) is 0 Å². The zero-order valence-corrected chi connectivity index (χ0v) is 15.6. The Bertz CT molecular complexity index is 781. The topological polar surface area (TPSA) is 40.5 Å². The summed E-state index contributed by atoms with van der Waals surface area (Å²) < 4.78 is 1.59. The molecule has 1 N–H and O–H groups in total. The van der Waals surface area contributed by atoms with Gasteiger partial charge in [-0.15, -0.1) is 0 Å². The van der Waals surface area contributed by atoms with E-state index >= 15 is 0 Å². The van der Waals surface area contributed by atoms with Crippen molar-refractivity contribution < 1.29 is 0 Å². The maximum atomic E-state index is 12.1. The van der Waals surface area contributed by atoms with Crippen molar-refractivity contribution in [1.82, 2.24) is 14.4 Å². The van der Waals surface area contributed by atoms with Crippen LogP contribution < -0.4 is 10.9 Å². The minimum atomic E-state index is -0.0803. The summed E-state index contributed by atoms with van der Waals surface area (Å²) in [6.45, 7) is 8.35. The van der Waals surface area contributed by atoms with Gasteiger partial charge in [0.15, 0.2) is 0 Å². The third-order valence-electron chi connectivity index (χ3n) is 4.62. The fourth-order valence-electron chi connectivity index (χ4n) is 3.02. The van der Waals surface area contributed by atoms with Crippen molar-refractivity contribution in [3.8, 4) is 5.69 Å². The van der Waals surface area contributed by atoms with Crippen molar-refractivity contribution in [3.63, 3.8) is 0 Å². The fraction of sp³-hybridized carbons (Fsp3) is 0.421. The standard InChI is InChI=1S/C19H25ClN4O/c1-15-3-6-19(25)24(14-15)18-5-4-16(13-17(18)20)21-7-8-23-11-9-22(2)10-12-23/h3-6,13-14,21H,7-12H2,1-2H3. The predicted octanol–water partition coefficient (Wildman–Crippen LogP) is 2.46. The molecule has 0 spiro atoms. The van der Waals surface area contributed by atoms with E-state index in [1.54, 1.807) is 16.7 Å². The summed E-state index contributed by atoms with van der Waals surface area (Å²) in [6.07, 6.45) is 1.81. The Morgan fingerprint density at radius 1 is 1.12 bits per heavy atom. The summed E-state index contributed by atoms with van der Waals surface area (Å²) in [7, 11) is 2.17. The van der Waals surface area contributed by atoms with Crippen molar-refractivity contribution in [3.05, 3.63) is 57.5 Å². The van der Waals surface area contributed by atoms with Gasteiger partial charge in [0.1, 0.15) is 0 Å². The molecule has 2 aromatic rings. The number of rotatable bonds is 5. The lowest BCUT2D eigenvalue weighted by atomic mass is 10.2. The molecule has 1 aromatic carbocycles. The molecule has 1 aromatic heterocycles. The maximum absolute atomic E-state index is 12.1. The van der Waals surface area contributed by atoms with E-state index in [0.717, 1.165) is 50.5 Å². The van der Waals surface area contributed by atoms with Crippen molar-refractivity contribution in [2.45, 2.75) is 6.92 Å². The van der Waals surface area contributed by atoms with E-state index in [1.807, 2.05) is 31.3 Å². The van der Waals surface area contributed by atoms with Crippen LogP contribution in [0.2, 0.25) is 5.02 Å². The number of hydrogen-bond donors (Lipinski definition) is 1. The number of anilines is 1. The third kappa shape index (κ3) is 4.63. The highest BCUT2D eigenvalue weighted by Gasteiger charge is 2.13. The number of likely N-dealkylation sites (N-methyl/N-ethyl adjacent to an activating group) is 1. The number of aromatic nitrogens is 1. The van der Waals surface area contributed by atoms with Crippen LogP contribution in [0.1, 0.15) is 5.56 Å². The molecule has 1 saturated heterocycles. The Labute approximate surface area is 153 Å². The smallest absolute Gasteiger partial charge is 0.255 e. The monoisotopic (exact) mass is 360 g/mol. The first-order valence-electron chi connectivity index (χ1n) is 8.67. The van der Waals surface area contributed by atoms with Crippen molar-refractivity contribution >= 4 is 17.3 Å². The molecule has 25 heavy (non-hydrogen) atoms. The summed E-state index contributed by atoms with van der Waals surface area (Å²) in [4.78, 5) is 16.9. The van der Waals surface area contributed by atoms with Crippen LogP contribution >= 0.6 is 11.6 Å². The molecule has 134 valence electrons. The van der Waals surface area contributed by atoms with E-state index in [0.29, 0.717) is 10.7 Å². The number of pyridine rings is 1. The highest BCUT2D eigenvalue weighted by molar-refractivity contribution is 6.32. The molecule has 0 bridgehead atoms. The molecule has 0 radical (unpaired) electrons. The molecular weight excluding hydrogens is 336 g/mol. The lowest BCUT2D eigenvalue weighted by molar-refractivity contribution is 0.158. The van der Waals surface area contributed by atoms with Crippen LogP contribution in [0.3, 0.4) is 0 Å². The van der Waals surface area contributed by atoms with Crippen LogP contribution in [0.25, 0.3) is 5.69 Å². The number of piperazine rings is 1. The average molecular weight is 361 g/mol. The number of hydrogen-bond acceptors (Lipinski definition) is 4. The number of benzene rings is 1. The first-order valence-corrected chi connectivity index (χ1v) is 9.05. The van der Waals surface area contributed by atoms with Gasteiger partial charge in [-0.1, -0.05) is 17.7 Å². The summed E-state index contributed by atoms with van der Waals surface area (Å²) in [5.74, 6) is 0. The van der Waals surface area contributed by atoms with Gasteiger partial charge in [-0.05, 0) is 37.7 Å². The average Bonchev–Trinajstić information content (AvgIpc) is 2.59. The van der Waals surface area contributed by atoms with E-state index in [1.165, 1.54) is 0 Å². The molecule has 1 aliphatic heterocycles. The van der Waals surface area contributed by atoms with Gasteiger partial charge in [-0.25, -0.2) is 0 Å². The van der Waals surface area contributed by atoms with Gasteiger partial charge in [-0.3, -0.25) is 14.3 Å². The second-order valence-electron chi connectivity index (χ2n) is 6.65. The summed E-state index contributed by atoms with van der Waals surface area (Å²) >= 11 is 6.42. The van der Waals surface area contributed by atoms with Crippen LogP contribution in [0.4, 0.5) is 5.69 Å². The van der Waals surface area contributed by atoms with E-state index < -0.39 is 0 Å². The number of aryl methyl sites for hydroxylation is 1. The van der Waals surface area contributed by atoms with Crippen LogP contribution in [-0.2, 0) is 0 Å². The molecule has 1 aliphatic rings. The molecule has 0 unspecified atom stereocenters. The van der Waals surface area contributed by atoms with Crippen LogP contribution in [0.15, 0.2) is 41.3 Å². The normalized spacial score (nSPS) is 16.1. The molecule has 0 saturated carbocycles. The van der Waals surface area contributed by atoms with Gasteiger partial charge in [0.05, 0.1) is 10.7 Å². The van der Waals surface area contributed by atoms with Crippen molar-refractivity contribution in [2.75, 3.05) is 51.6 Å². The predicted molar refractivity (Wildman–Crippen MR) is 104 cm³/mol. The Balaban J connectivity index is 1.62. The first-order chi connectivity index (χ1) is 12.0. The number of halogens is 1. The summed E-state index contributed by atoms with van der Waals surface area (Å²) in [5, 5.41) is 3.99. The second-order valence-corrected chi connectivity index (χ2v) is 7.06. The maximum Gasteiger partial charge on any atom is 0.255 e. The minimum Gasteiger partial charge on any atom is -0.384 e. The van der Waals surface area contributed by atoms with Crippen LogP contribution in [0.5, 0.6) is 0 Å². The Morgan fingerprint density at radius 3 is 2.60 bits per heavy atom. The molecule has 3 rings (SSSR count). The van der Waals surface area contributed by atoms with Gasteiger partial charge in [-0.2, -0.15) is 0 Å². The summed E-state index contributed by atoms with van der Waals surface area (Å²) in [6, 6.07) is 9.12. The zero-order valence-electron chi connectivity index (χ0n) is 14.8. The molecule has 2 heterocycles. The van der Waals surface area contributed by atoms with E-state index in [-0.39, 0.29) is 5.56 Å².